The summed E-state index contributed by atoms with van der Waals surface area (Å²) < 4.78 is 0. The Labute approximate surface area is 187 Å². The molecule has 2 saturated heterocycles. The summed E-state index contributed by atoms with van der Waals surface area (Å²) in [6.45, 7) is 4.38. The van der Waals surface area contributed by atoms with Crippen molar-refractivity contribution in [3.05, 3.63) is 35.9 Å². The SMILES string of the molecule is Cl.O=C(CCC1CCNCC1)N1CCC(C(=O)N(Cc2ccccc2)C2CC2)CC1. The molecular formula is C24H36ClN3O2. The number of carbonyl (C=O) groups is 2. The number of rotatable bonds is 7. The molecule has 6 heteroatoms. The van der Waals surface area contributed by atoms with Crippen molar-refractivity contribution in [3.63, 3.8) is 0 Å². The summed E-state index contributed by atoms with van der Waals surface area (Å²) in [5.41, 5.74) is 1.21. The van der Waals surface area contributed by atoms with Crippen LogP contribution in [0.2, 0.25) is 0 Å². The average molecular weight is 434 g/mol. The lowest BCUT2D eigenvalue weighted by atomic mass is 9.92. The molecule has 0 spiro atoms. The second-order valence-corrected chi connectivity index (χ2v) is 9.07. The van der Waals surface area contributed by atoms with Gasteiger partial charge in [-0.1, -0.05) is 30.3 Å². The van der Waals surface area contributed by atoms with E-state index in [-0.39, 0.29) is 24.2 Å². The zero-order valence-corrected chi connectivity index (χ0v) is 18.7. The highest BCUT2D eigenvalue weighted by Gasteiger charge is 2.37. The van der Waals surface area contributed by atoms with Crippen LogP contribution < -0.4 is 5.32 Å². The lowest BCUT2D eigenvalue weighted by Crippen LogP contribution is -2.45. The molecule has 0 radical (unpaired) electrons. The summed E-state index contributed by atoms with van der Waals surface area (Å²) in [6, 6.07) is 10.7. The summed E-state index contributed by atoms with van der Waals surface area (Å²) in [5, 5.41) is 3.39. The van der Waals surface area contributed by atoms with Crippen LogP contribution in [0, 0.1) is 11.8 Å². The molecule has 4 rings (SSSR count). The Balaban J connectivity index is 0.00000256. The molecule has 30 heavy (non-hydrogen) atoms. The number of halogens is 1. The van der Waals surface area contributed by atoms with E-state index in [1.54, 1.807) is 0 Å². The van der Waals surface area contributed by atoms with Gasteiger partial charge in [0.2, 0.25) is 11.8 Å². The van der Waals surface area contributed by atoms with E-state index in [9.17, 15) is 9.59 Å². The maximum absolute atomic E-state index is 13.2. The van der Waals surface area contributed by atoms with Gasteiger partial charge in [0, 0.05) is 38.0 Å². The molecule has 0 bridgehead atoms. The minimum Gasteiger partial charge on any atom is -0.343 e. The minimum absolute atomic E-state index is 0. The third kappa shape index (κ3) is 6.21. The maximum Gasteiger partial charge on any atom is 0.226 e. The molecule has 2 heterocycles. The highest BCUT2D eigenvalue weighted by atomic mass is 35.5. The van der Waals surface area contributed by atoms with Crippen molar-refractivity contribution in [1.29, 1.82) is 0 Å². The fourth-order valence-corrected chi connectivity index (χ4v) is 4.82. The molecule has 2 aliphatic heterocycles. The van der Waals surface area contributed by atoms with Crippen LogP contribution >= 0.6 is 12.4 Å². The van der Waals surface area contributed by atoms with Crippen molar-refractivity contribution in [1.82, 2.24) is 15.1 Å². The molecule has 3 fully saturated rings. The van der Waals surface area contributed by atoms with Crippen LogP contribution in [0.5, 0.6) is 0 Å². The Kier molecular flexibility index (Phi) is 8.58. The van der Waals surface area contributed by atoms with E-state index < -0.39 is 0 Å². The number of hydrogen-bond donors (Lipinski definition) is 1. The maximum atomic E-state index is 13.2. The molecular weight excluding hydrogens is 398 g/mol. The second-order valence-electron chi connectivity index (χ2n) is 9.07. The molecule has 2 amide bonds. The molecule has 0 aromatic heterocycles. The first-order valence-corrected chi connectivity index (χ1v) is 11.5. The number of nitrogens with zero attached hydrogens (tertiary/aromatic N) is 2. The average Bonchev–Trinajstić information content (AvgIpc) is 3.62. The molecule has 5 nitrogen and oxygen atoms in total. The fourth-order valence-electron chi connectivity index (χ4n) is 4.82. The Bertz CT molecular complexity index is 681. The van der Waals surface area contributed by atoms with Gasteiger partial charge in [0.25, 0.3) is 0 Å². The molecule has 1 aliphatic carbocycles. The summed E-state index contributed by atoms with van der Waals surface area (Å²) in [4.78, 5) is 29.9. The molecule has 1 N–H and O–H groups in total. The zero-order chi connectivity index (χ0) is 20.1. The van der Waals surface area contributed by atoms with Gasteiger partial charge in [-0.25, -0.2) is 0 Å². The van der Waals surface area contributed by atoms with E-state index >= 15 is 0 Å². The molecule has 1 aromatic carbocycles. The van der Waals surface area contributed by atoms with Crippen molar-refractivity contribution < 1.29 is 9.59 Å². The van der Waals surface area contributed by atoms with Gasteiger partial charge in [0.05, 0.1) is 0 Å². The van der Waals surface area contributed by atoms with Crippen LogP contribution in [0.1, 0.15) is 56.9 Å². The Morgan fingerprint density at radius 1 is 0.967 bits per heavy atom. The van der Waals surface area contributed by atoms with Gasteiger partial charge in [0.15, 0.2) is 0 Å². The highest BCUT2D eigenvalue weighted by molar-refractivity contribution is 5.85. The third-order valence-electron chi connectivity index (χ3n) is 6.89. The van der Waals surface area contributed by atoms with Crippen LogP contribution in [-0.2, 0) is 16.1 Å². The topological polar surface area (TPSA) is 52.7 Å². The van der Waals surface area contributed by atoms with E-state index in [0.717, 1.165) is 64.8 Å². The Hall–Kier alpha value is -1.59. The number of likely N-dealkylation sites (tertiary alicyclic amines) is 1. The standard InChI is InChI=1S/C24H35N3O2.ClH/c28-23(9-6-19-10-14-25-15-11-19)26-16-12-21(13-17-26)24(29)27(22-7-8-22)18-20-4-2-1-3-5-20;/h1-5,19,21-22,25H,6-18H2;1H. The van der Waals surface area contributed by atoms with E-state index in [2.05, 4.69) is 22.3 Å². The lowest BCUT2D eigenvalue weighted by Gasteiger charge is -2.35. The lowest BCUT2D eigenvalue weighted by molar-refractivity contribution is -0.141. The summed E-state index contributed by atoms with van der Waals surface area (Å²) in [5.74, 6) is 1.37. The predicted octanol–water partition coefficient (Wildman–Crippen LogP) is 3.62. The Morgan fingerprint density at radius 2 is 1.63 bits per heavy atom. The normalized spacial score (nSPS) is 20.5. The number of carbonyl (C=O) groups excluding carboxylic acids is 2. The van der Waals surface area contributed by atoms with Crippen LogP contribution in [0.25, 0.3) is 0 Å². The van der Waals surface area contributed by atoms with E-state index in [4.69, 9.17) is 0 Å². The van der Waals surface area contributed by atoms with E-state index in [0.29, 0.717) is 24.3 Å². The van der Waals surface area contributed by atoms with Gasteiger partial charge in [-0.2, -0.15) is 0 Å². The predicted molar refractivity (Wildman–Crippen MR) is 121 cm³/mol. The van der Waals surface area contributed by atoms with E-state index in [1.807, 2.05) is 23.1 Å². The van der Waals surface area contributed by atoms with Crippen molar-refractivity contribution in [2.24, 2.45) is 11.8 Å². The van der Waals surface area contributed by atoms with Crippen LogP contribution in [-0.4, -0.2) is 53.8 Å². The monoisotopic (exact) mass is 433 g/mol. The van der Waals surface area contributed by atoms with Crippen LogP contribution in [0.4, 0.5) is 0 Å². The first-order chi connectivity index (χ1) is 14.2. The van der Waals surface area contributed by atoms with Crippen LogP contribution in [0.3, 0.4) is 0 Å². The minimum atomic E-state index is 0. The van der Waals surface area contributed by atoms with Gasteiger partial charge in [-0.05, 0) is 69.5 Å². The van der Waals surface area contributed by atoms with Crippen LogP contribution in [0.15, 0.2) is 30.3 Å². The number of nitrogens with one attached hydrogen (secondary N) is 1. The number of hydrogen-bond acceptors (Lipinski definition) is 3. The second kappa shape index (κ2) is 11.1. The molecule has 3 aliphatic rings. The van der Waals surface area contributed by atoms with Gasteiger partial charge in [-0.15, -0.1) is 12.4 Å². The van der Waals surface area contributed by atoms with Crippen molar-refractivity contribution >= 4 is 24.2 Å². The van der Waals surface area contributed by atoms with Gasteiger partial charge in [-0.3, -0.25) is 9.59 Å². The van der Waals surface area contributed by atoms with Gasteiger partial charge in [0.1, 0.15) is 0 Å². The number of piperidine rings is 2. The number of amides is 2. The van der Waals surface area contributed by atoms with Gasteiger partial charge >= 0.3 is 0 Å². The highest BCUT2D eigenvalue weighted by Crippen LogP contribution is 2.32. The third-order valence-corrected chi connectivity index (χ3v) is 6.89. The molecule has 0 atom stereocenters. The number of benzene rings is 1. The van der Waals surface area contributed by atoms with Gasteiger partial charge < -0.3 is 15.1 Å². The largest absolute Gasteiger partial charge is 0.343 e. The fraction of sp³-hybridized carbons (Fsp3) is 0.667. The molecule has 1 saturated carbocycles. The van der Waals surface area contributed by atoms with Crippen molar-refractivity contribution in [3.8, 4) is 0 Å². The molecule has 1 aromatic rings. The van der Waals surface area contributed by atoms with E-state index in [1.165, 1.54) is 18.4 Å². The molecule has 166 valence electrons. The summed E-state index contributed by atoms with van der Waals surface area (Å²) >= 11 is 0. The quantitative estimate of drug-likeness (QED) is 0.714. The molecule has 0 unspecified atom stereocenters. The Morgan fingerprint density at radius 3 is 2.27 bits per heavy atom. The summed E-state index contributed by atoms with van der Waals surface area (Å²) in [6.07, 6.45) is 7.98. The van der Waals surface area contributed by atoms with Crippen molar-refractivity contribution in [2.45, 2.75) is 64.0 Å². The first-order valence-electron chi connectivity index (χ1n) is 11.5. The first kappa shape index (κ1) is 23.1. The zero-order valence-electron chi connectivity index (χ0n) is 17.9. The van der Waals surface area contributed by atoms with Crippen molar-refractivity contribution in [2.75, 3.05) is 26.2 Å². The smallest absolute Gasteiger partial charge is 0.226 e. The summed E-state index contributed by atoms with van der Waals surface area (Å²) in [7, 11) is 0.